The van der Waals surface area contributed by atoms with Crippen molar-refractivity contribution >= 4 is 5.70 Å². The van der Waals surface area contributed by atoms with Crippen molar-refractivity contribution < 1.29 is 4.39 Å². The number of nitrogens with one attached hydrogen (secondary N) is 2. The second kappa shape index (κ2) is 6.13. The van der Waals surface area contributed by atoms with Gasteiger partial charge in [0.2, 0.25) is 0 Å². The van der Waals surface area contributed by atoms with Gasteiger partial charge in [0.15, 0.2) is 0 Å². The van der Waals surface area contributed by atoms with Crippen molar-refractivity contribution in [3.63, 3.8) is 0 Å². The molecule has 4 heteroatoms. The average molecular weight is 321 g/mol. The summed E-state index contributed by atoms with van der Waals surface area (Å²) in [6.45, 7) is 1.74. The van der Waals surface area contributed by atoms with Gasteiger partial charge < -0.3 is 10.7 Å². The molecule has 2 aliphatic heterocycles. The molecule has 0 aliphatic carbocycles. The maximum absolute atomic E-state index is 13.2. The zero-order chi connectivity index (χ0) is 16.5. The van der Waals surface area contributed by atoms with E-state index in [0.29, 0.717) is 0 Å². The number of rotatable bonds is 2. The van der Waals surface area contributed by atoms with Gasteiger partial charge in [-0.2, -0.15) is 0 Å². The molecule has 2 aliphatic rings. The quantitative estimate of drug-likeness (QED) is 0.888. The molecule has 0 amide bonds. The number of fused-ring (bicyclic) bond motifs is 1. The van der Waals surface area contributed by atoms with Gasteiger partial charge in [0, 0.05) is 32.3 Å². The third kappa shape index (κ3) is 2.69. The maximum Gasteiger partial charge on any atom is 0.123 e. The van der Waals surface area contributed by atoms with Crippen molar-refractivity contribution in [1.29, 1.82) is 0 Å². The van der Waals surface area contributed by atoms with E-state index in [1.54, 1.807) is 0 Å². The molecule has 1 atom stereocenters. The lowest BCUT2D eigenvalue weighted by Gasteiger charge is -2.29. The minimum absolute atomic E-state index is 0.189. The van der Waals surface area contributed by atoms with Gasteiger partial charge in [-0.25, -0.2) is 4.39 Å². The summed E-state index contributed by atoms with van der Waals surface area (Å²) in [6.07, 6.45) is 6.02. The third-order valence-electron chi connectivity index (χ3n) is 4.73. The van der Waals surface area contributed by atoms with E-state index in [4.69, 9.17) is 0 Å². The molecule has 0 aromatic heterocycles. The highest BCUT2D eigenvalue weighted by atomic mass is 19.1. The van der Waals surface area contributed by atoms with E-state index >= 15 is 0 Å². The molecule has 24 heavy (non-hydrogen) atoms. The molecular weight excluding hydrogens is 301 g/mol. The van der Waals surface area contributed by atoms with Crippen LogP contribution in [0.1, 0.15) is 28.2 Å². The first kappa shape index (κ1) is 15.0. The van der Waals surface area contributed by atoms with E-state index in [0.717, 1.165) is 24.4 Å². The minimum atomic E-state index is -0.189. The van der Waals surface area contributed by atoms with Crippen LogP contribution in [0.2, 0.25) is 0 Å². The second-order valence-corrected chi connectivity index (χ2v) is 6.25. The van der Waals surface area contributed by atoms with Crippen molar-refractivity contribution in [3.8, 4) is 0 Å². The molecule has 122 valence electrons. The molecule has 0 radical (unpaired) electrons. The largest absolute Gasteiger partial charge is 0.312 e. The van der Waals surface area contributed by atoms with Gasteiger partial charge in [-0.05, 0) is 52.6 Å². The van der Waals surface area contributed by atoms with Crippen LogP contribution in [0, 0.1) is 5.82 Å². The van der Waals surface area contributed by atoms with Crippen molar-refractivity contribution in [2.24, 2.45) is 0 Å². The molecule has 3 nitrogen and oxygen atoms in total. The predicted molar refractivity (Wildman–Crippen MR) is 94.4 cm³/mol. The molecule has 2 heterocycles. The van der Waals surface area contributed by atoms with Gasteiger partial charge in [0.1, 0.15) is 5.82 Å². The summed E-state index contributed by atoms with van der Waals surface area (Å²) in [5.74, 6) is 0.0744. The predicted octanol–water partition coefficient (Wildman–Crippen LogP) is 3.37. The second-order valence-electron chi connectivity index (χ2n) is 6.25. The highest BCUT2D eigenvalue weighted by molar-refractivity contribution is 5.67. The lowest BCUT2D eigenvalue weighted by molar-refractivity contribution is 0.405. The Kier molecular flexibility index (Phi) is 3.82. The summed E-state index contributed by atoms with van der Waals surface area (Å²) < 4.78 is 13.2. The van der Waals surface area contributed by atoms with Gasteiger partial charge in [-0.1, -0.05) is 24.3 Å². The Morgan fingerprint density at radius 1 is 1.12 bits per heavy atom. The first-order valence-corrected chi connectivity index (χ1v) is 8.18. The van der Waals surface area contributed by atoms with E-state index in [9.17, 15) is 4.39 Å². The Balaban J connectivity index is 1.71. The van der Waals surface area contributed by atoms with Gasteiger partial charge >= 0.3 is 0 Å². The highest BCUT2D eigenvalue weighted by Gasteiger charge is 2.22. The van der Waals surface area contributed by atoms with Gasteiger partial charge in [-0.3, -0.25) is 5.01 Å². The third-order valence-corrected chi connectivity index (χ3v) is 4.73. The lowest BCUT2D eigenvalue weighted by atomic mass is 9.84. The summed E-state index contributed by atoms with van der Waals surface area (Å²) in [5, 5.41) is 5.50. The molecule has 1 unspecified atom stereocenters. The van der Waals surface area contributed by atoms with Crippen LogP contribution in [0.25, 0.3) is 5.70 Å². The van der Waals surface area contributed by atoms with E-state index in [1.807, 2.05) is 36.5 Å². The monoisotopic (exact) mass is 321 g/mol. The van der Waals surface area contributed by atoms with E-state index in [-0.39, 0.29) is 11.7 Å². The number of hydrazine groups is 1. The number of hydrogen-bond donors (Lipinski definition) is 2. The standard InChI is InChI=1S/C20H20FN3/c1-24-20(3-2-10-23-24)15-6-9-18-16(11-15)12-22-13-19(18)14-4-7-17(21)8-5-14/h2-11,19,22-23H,12-13H2,1H3. The summed E-state index contributed by atoms with van der Waals surface area (Å²) in [6, 6.07) is 13.5. The number of halogens is 1. The summed E-state index contributed by atoms with van der Waals surface area (Å²) >= 11 is 0. The SMILES string of the molecule is CN1NC=CC=C1c1ccc2c(c1)CNCC2c1ccc(F)cc1. The number of benzene rings is 2. The molecule has 0 spiro atoms. The fraction of sp³-hybridized carbons (Fsp3) is 0.200. The molecule has 0 saturated carbocycles. The van der Waals surface area contributed by atoms with Gasteiger partial charge in [-0.15, -0.1) is 0 Å². The van der Waals surface area contributed by atoms with Crippen LogP contribution in [-0.2, 0) is 6.54 Å². The Morgan fingerprint density at radius 2 is 1.96 bits per heavy atom. The molecule has 0 saturated heterocycles. The van der Waals surface area contributed by atoms with E-state index in [1.165, 1.54) is 28.8 Å². The van der Waals surface area contributed by atoms with Crippen molar-refractivity contribution in [2.75, 3.05) is 13.6 Å². The van der Waals surface area contributed by atoms with Gasteiger partial charge in [0.25, 0.3) is 0 Å². The first-order valence-electron chi connectivity index (χ1n) is 8.18. The van der Waals surface area contributed by atoms with Crippen molar-refractivity contribution in [1.82, 2.24) is 15.8 Å². The first-order chi connectivity index (χ1) is 11.7. The van der Waals surface area contributed by atoms with Crippen LogP contribution >= 0.6 is 0 Å². The fourth-order valence-electron chi connectivity index (χ4n) is 3.48. The van der Waals surface area contributed by atoms with Crippen LogP contribution in [0.3, 0.4) is 0 Å². The van der Waals surface area contributed by atoms with Gasteiger partial charge in [0.05, 0.1) is 5.70 Å². The summed E-state index contributed by atoms with van der Waals surface area (Å²) in [5.41, 5.74) is 9.29. The Bertz CT molecular complexity index is 808. The van der Waals surface area contributed by atoms with Crippen molar-refractivity contribution in [3.05, 3.63) is 88.9 Å². The van der Waals surface area contributed by atoms with Crippen molar-refractivity contribution in [2.45, 2.75) is 12.5 Å². The minimum Gasteiger partial charge on any atom is -0.312 e. The number of nitrogens with zero attached hydrogens (tertiary/aromatic N) is 1. The zero-order valence-electron chi connectivity index (χ0n) is 13.6. The fourth-order valence-corrected chi connectivity index (χ4v) is 3.48. The zero-order valence-corrected chi connectivity index (χ0v) is 13.6. The lowest BCUT2D eigenvalue weighted by Crippen LogP contribution is -2.31. The molecule has 2 N–H and O–H groups in total. The van der Waals surface area contributed by atoms with E-state index in [2.05, 4.69) is 35.0 Å². The van der Waals surface area contributed by atoms with Crippen LogP contribution in [0.15, 0.2) is 60.8 Å². The smallest absolute Gasteiger partial charge is 0.123 e. The van der Waals surface area contributed by atoms with Crippen LogP contribution in [-0.4, -0.2) is 18.6 Å². The molecule has 4 rings (SSSR count). The Morgan fingerprint density at radius 3 is 2.75 bits per heavy atom. The molecule has 2 aromatic rings. The Hall–Kier alpha value is -2.59. The summed E-state index contributed by atoms with van der Waals surface area (Å²) in [7, 11) is 2.01. The highest BCUT2D eigenvalue weighted by Crippen LogP contribution is 2.32. The molecule has 0 bridgehead atoms. The summed E-state index contributed by atoms with van der Waals surface area (Å²) in [4.78, 5) is 0. The van der Waals surface area contributed by atoms with Crippen LogP contribution in [0.5, 0.6) is 0 Å². The average Bonchev–Trinajstić information content (AvgIpc) is 2.62. The normalized spacial score (nSPS) is 19.5. The molecular formula is C20H20FN3. The number of allylic oxidation sites excluding steroid dienone is 2. The molecule has 2 aromatic carbocycles. The maximum atomic E-state index is 13.2. The topological polar surface area (TPSA) is 27.3 Å². The van der Waals surface area contributed by atoms with E-state index < -0.39 is 0 Å². The number of hydrogen-bond acceptors (Lipinski definition) is 3. The van der Waals surface area contributed by atoms with Crippen LogP contribution in [0.4, 0.5) is 4.39 Å². The Labute approximate surface area is 141 Å². The van der Waals surface area contributed by atoms with Crippen LogP contribution < -0.4 is 10.7 Å². The molecule has 0 fully saturated rings.